The molecule has 1 aromatic heterocycles. The van der Waals surface area contributed by atoms with Crippen molar-refractivity contribution in [3.05, 3.63) is 108 Å². The second-order valence-electron chi connectivity index (χ2n) is 10.7. The van der Waals surface area contributed by atoms with E-state index in [4.69, 9.17) is 5.73 Å². The molecule has 4 unspecified atom stereocenters. The number of amides is 3. The second-order valence-corrected chi connectivity index (χ2v) is 10.7. The Morgan fingerprint density at radius 1 is 0.644 bits per heavy atom. The molecule has 8 N–H and O–H groups in total. The number of rotatable bonds is 15. The van der Waals surface area contributed by atoms with E-state index in [2.05, 4.69) is 20.9 Å². The van der Waals surface area contributed by atoms with E-state index in [9.17, 15) is 34.2 Å². The monoisotopic (exact) mass is 613 g/mol. The summed E-state index contributed by atoms with van der Waals surface area (Å²) in [6.45, 7) is 0. The first kappa shape index (κ1) is 32.4. The number of aromatic amines is 1. The van der Waals surface area contributed by atoms with Gasteiger partial charge in [-0.1, -0.05) is 78.9 Å². The Hall–Kier alpha value is -5.49. The number of para-hydroxylation sites is 1. The summed E-state index contributed by atoms with van der Waals surface area (Å²) in [6, 6.07) is 19.7. The number of nitrogens with one attached hydrogen (secondary N) is 4. The van der Waals surface area contributed by atoms with Crippen LogP contribution in [0.15, 0.2) is 91.1 Å². The van der Waals surface area contributed by atoms with Gasteiger partial charge in [-0.15, -0.1) is 0 Å². The Bertz CT molecular complexity index is 1640. The highest BCUT2D eigenvalue weighted by Gasteiger charge is 2.32. The third-order valence-electron chi connectivity index (χ3n) is 7.28. The lowest BCUT2D eigenvalue weighted by Crippen LogP contribution is -2.58. The van der Waals surface area contributed by atoms with Crippen molar-refractivity contribution in [3.63, 3.8) is 0 Å². The smallest absolute Gasteiger partial charge is 0.326 e. The molecule has 0 fully saturated rings. The SMILES string of the molecule is NC(Cc1ccccc1)C(=O)NC(CC(=O)O)C(=O)NC(Cc1ccccc1)C(=O)NC(Cc1c[nH]c2ccccc12)C(=O)O. The highest BCUT2D eigenvalue weighted by molar-refractivity contribution is 5.96. The third kappa shape index (κ3) is 9.25. The van der Waals surface area contributed by atoms with Crippen LogP contribution in [0.1, 0.15) is 23.1 Å². The summed E-state index contributed by atoms with van der Waals surface area (Å²) in [5.74, 6) is -5.10. The topological polar surface area (TPSA) is 204 Å². The van der Waals surface area contributed by atoms with Crippen LogP contribution in [0.25, 0.3) is 10.9 Å². The zero-order valence-electron chi connectivity index (χ0n) is 24.3. The molecule has 0 bridgehead atoms. The Morgan fingerprint density at radius 3 is 1.80 bits per heavy atom. The van der Waals surface area contributed by atoms with Gasteiger partial charge in [-0.25, -0.2) is 4.79 Å². The highest BCUT2D eigenvalue weighted by atomic mass is 16.4. The molecular formula is C33H35N5O7. The summed E-state index contributed by atoms with van der Waals surface area (Å²) >= 11 is 0. The minimum atomic E-state index is -1.55. The van der Waals surface area contributed by atoms with Crippen molar-refractivity contribution in [2.24, 2.45) is 5.73 Å². The molecule has 4 aromatic rings. The van der Waals surface area contributed by atoms with Crippen molar-refractivity contribution in [2.75, 3.05) is 0 Å². The van der Waals surface area contributed by atoms with E-state index in [1.807, 2.05) is 30.3 Å². The van der Waals surface area contributed by atoms with E-state index >= 15 is 0 Å². The van der Waals surface area contributed by atoms with Crippen LogP contribution in [0, 0.1) is 0 Å². The lowest BCUT2D eigenvalue weighted by molar-refractivity contribution is -0.143. The lowest BCUT2D eigenvalue weighted by atomic mass is 10.0. The molecule has 0 aliphatic rings. The first-order valence-corrected chi connectivity index (χ1v) is 14.3. The lowest BCUT2D eigenvalue weighted by Gasteiger charge is -2.25. The van der Waals surface area contributed by atoms with Gasteiger partial charge in [-0.3, -0.25) is 19.2 Å². The van der Waals surface area contributed by atoms with Gasteiger partial charge in [0.05, 0.1) is 12.5 Å². The average Bonchev–Trinajstić information content (AvgIpc) is 3.43. The molecule has 0 saturated heterocycles. The van der Waals surface area contributed by atoms with Crippen LogP contribution in [0.5, 0.6) is 0 Å². The average molecular weight is 614 g/mol. The van der Waals surface area contributed by atoms with Gasteiger partial charge in [0.1, 0.15) is 18.1 Å². The first-order valence-electron chi connectivity index (χ1n) is 14.3. The fourth-order valence-corrected chi connectivity index (χ4v) is 4.95. The van der Waals surface area contributed by atoms with Gasteiger partial charge in [-0.2, -0.15) is 0 Å². The number of benzene rings is 3. The number of carbonyl (C=O) groups excluding carboxylic acids is 3. The van der Waals surface area contributed by atoms with Crippen molar-refractivity contribution >= 4 is 40.6 Å². The maximum Gasteiger partial charge on any atom is 0.326 e. The minimum absolute atomic E-state index is 0.0287. The highest BCUT2D eigenvalue weighted by Crippen LogP contribution is 2.19. The molecule has 0 radical (unpaired) electrons. The molecule has 4 atom stereocenters. The molecule has 0 aliphatic carbocycles. The Labute approximate surface area is 259 Å². The van der Waals surface area contributed by atoms with Gasteiger partial charge >= 0.3 is 11.9 Å². The van der Waals surface area contributed by atoms with Gasteiger partial charge in [0, 0.05) is 29.9 Å². The molecular weight excluding hydrogens is 578 g/mol. The predicted molar refractivity (Wildman–Crippen MR) is 166 cm³/mol. The summed E-state index contributed by atoms with van der Waals surface area (Å²) in [5, 5.41) is 27.7. The Balaban J connectivity index is 1.50. The fourth-order valence-electron chi connectivity index (χ4n) is 4.95. The molecule has 3 amide bonds. The Morgan fingerprint density at radius 2 is 1.18 bits per heavy atom. The number of carbonyl (C=O) groups is 5. The van der Waals surface area contributed by atoms with Crippen molar-refractivity contribution in [1.82, 2.24) is 20.9 Å². The quantitative estimate of drug-likeness (QED) is 0.105. The van der Waals surface area contributed by atoms with Crippen LogP contribution in [0.2, 0.25) is 0 Å². The van der Waals surface area contributed by atoms with Crippen LogP contribution in [-0.2, 0) is 43.2 Å². The number of nitrogens with two attached hydrogens (primary N) is 1. The summed E-state index contributed by atoms with van der Waals surface area (Å²) in [5.41, 5.74) is 8.97. The van der Waals surface area contributed by atoms with Gasteiger partial charge < -0.3 is 36.9 Å². The molecule has 0 aliphatic heterocycles. The van der Waals surface area contributed by atoms with Gasteiger partial charge in [0.2, 0.25) is 17.7 Å². The molecule has 1 heterocycles. The Kier molecular flexibility index (Phi) is 11.0. The van der Waals surface area contributed by atoms with Crippen LogP contribution >= 0.6 is 0 Å². The minimum Gasteiger partial charge on any atom is -0.481 e. The van der Waals surface area contributed by atoms with Gasteiger partial charge in [-0.05, 0) is 29.2 Å². The van der Waals surface area contributed by atoms with Crippen LogP contribution < -0.4 is 21.7 Å². The number of hydrogen-bond donors (Lipinski definition) is 7. The van der Waals surface area contributed by atoms with E-state index in [1.165, 1.54) is 0 Å². The van der Waals surface area contributed by atoms with Crippen molar-refractivity contribution < 1.29 is 34.2 Å². The second kappa shape index (κ2) is 15.3. The zero-order chi connectivity index (χ0) is 32.3. The number of fused-ring (bicyclic) bond motifs is 1. The number of hydrogen-bond acceptors (Lipinski definition) is 6. The number of carboxylic acid groups (broad SMARTS) is 2. The normalized spacial score (nSPS) is 13.6. The van der Waals surface area contributed by atoms with Gasteiger partial charge in [0.15, 0.2) is 0 Å². The first-order chi connectivity index (χ1) is 21.6. The maximum atomic E-state index is 13.5. The zero-order valence-corrected chi connectivity index (χ0v) is 24.3. The van der Waals surface area contributed by atoms with Crippen LogP contribution in [0.3, 0.4) is 0 Å². The number of aromatic nitrogens is 1. The number of H-pyrrole nitrogens is 1. The molecule has 0 saturated carbocycles. The van der Waals surface area contributed by atoms with Crippen molar-refractivity contribution in [1.29, 1.82) is 0 Å². The van der Waals surface area contributed by atoms with E-state index < -0.39 is 60.2 Å². The molecule has 3 aromatic carbocycles. The van der Waals surface area contributed by atoms with Crippen LogP contribution in [-0.4, -0.2) is 69.0 Å². The van der Waals surface area contributed by atoms with Crippen LogP contribution in [0.4, 0.5) is 0 Å². The van der Waals surface area contributed by atoms with E-state index in [0.717, 1.165) is 16.5 Å². The van der Waals surface area contributed by atoms with E-state index in [-0.39, 0.29) is 19.3 Å². The molecule has 12 heteroatoms. The van der Waals surface area contributed by atoms with E-state index in [0.29, 0.717) is 11.1 Å². The number of aliphatic carboxylic acids is 2. The third-order valence-corrected chi connectivity index (χ3v) is 7.28. The maximum absolute atomic E-state index is 13.5. The summed E-state index contributed by atoms with van der Waals surface area (Å²) < 4.78 is 0. The molecule has 45 heavy (non-hydrogen) atoms. The van der Waals surface area contributed by atoms with Gasteiger partial charge in [0.25, 0.3) is 0 Å². The molecule has 234 valence electrons. The predicted octanol–water partition coefficient (Wildman–Crippen LogP) is 1.54. The van der Waals surface area contributed by atoms with Crippen molar-refractivity contribution in [2.45, 2.75) is 49.9 Å². The summed E-state index contributed by atoms with van der Waals surface area (Å²) in [6.07, 6.45) is 0.999. The molecule has 0 spiro atoms. The van der Waals surface area contributed by atoms with Crippen molar-refractivity contribution in [3.8, 4) is 0 Å². The fraction of sp³-hybridized carbons (Fsp3) is 0.242. The summed E-state index contributed by atoms with van der Waals surface area (Å²) in [7, 11) is 0. The summed E-state index contributed by atoms with van der Waals surface area (Å²) in [4.78, 5) is 66.7. The standard InChI is InChI=1S/C33H35N5O7/c34-24(15-20-9-3-1-4-10-20)30(41)36-27(18-29(39)40)32(43)37-26(16-21-11-5-2-6-12-21)31(42)38-28(33(44)45)17-22-19-35-25-14-8-7-13-23(22)25/h1-14,19,24,26-28,35H,15-18,34H2,(H,36,41)(H,37,43)(H,38,42)(H,39,40)(H,44,45). The number of carboxylic acids is 2. The largest absolute Gasteiger partial charge is 0.481 e. The molecule has 4 rings (SSSR count). The molecule has 12 nitrogen and oxygen atoms in total. The van der Waals surface area contributed by atoms with E-state index in [1.54, 1.807) is 60.8 Å².